The predicted molar refractivity (Wildman–Crippen MR) is 60.3 cm³/mol. The van der Waals surface area contributed by atoms with Gasteiger partial charge in [-0.25, -0.2) is 0 Å². The van der Waals surface area contributed by atoms with Crippen molar-refractivity contribution in [3.63, 3.8) is 0 Å². The fraction of sp³-hybridized carbons (Fsp3) is 0.500. The Kier molecular flexibility index (Phi) is 2.68. The van der Waals surface area contributed by atoms with Crippen molar-refractivity contribution < 1.29 is 9.90 Å². The molecule has 1 amide bonds. The Hall–Kier alpha value is -1.42. The van der Waals surface area contributed by atoms with Crippen LogP contribution in [0.4, 0.5) is 0 Å². The molecule has 1 aliphatic heterocycles. The van der Waals surface area contributed by atoms with E-state index >= 15 is 0 Å². The summed E-state index contributed by atoms with van der Waals surface area (Å²) in [5.74, 6) is -0.00264. The number of amides is 1. The molecule has 4 nitrogen and oxygen atoms in total. The highest BCUT2D eigenvalue weighted by Gasteiger charge is 2.30. The number of aromatic nitrogens is 1. The van der Waals surface area contributed by atoms with Crippen molar-refractivity contribution >= 4 is 5.91 Å². The fourth-order valence-corrected chi connectivity index (χ4v) is 2.13. The third kappa shape index (κ3) is 1.50. The second-order valence-electron chi connectivity index (χ2n) is 4.22. The standard InChI is InChI=1S/C12H16N2O2/c1-7-8(2)11-10(13-9(7)3)6-14(4-5-15)12(11)16/h15H,4-6H2,1-3H3. The lowest BCUT2D eigenvalue weighted by molar-refractivity contribution is 0.0744. The number of aliphatic hydroxyl groups is 1. The number of pyridine rings is 1. The van der Waals surface area contributed by atoms with Gasteiger partial charge in [0.25, 0.3) is 5.91 Å². The molecule has 1 aromatic rings. The lowest BCUT2D eigenvalue weighted by Crippen LogP contribution is -2.27. The molecule has 0 saturated heterocycles. The van der Waals surface area contributed by atoms with Gasteiger partial charge >= 0.3 is 0 Å². The van der Waals surface area contributed by atoms with E-state index in [9.17, 15) is 4.79 Å². The number of rotatable bonds is 2. The Balaban J connectivity index is 2.48. The molecule has 2 heterocycles. The summed E-state index contributed by atoms with van der Waals surface area (Å²) in [7, 11) is 0. The van der Waals surface area contributed by atoms with Crippen molar-refractivity contribution in [2.24, 2.45) is 0 Å². The van der Waals surface area contributed by atoms with Crippen LogP contribution in [0.3, 0.4) is 0 Å². The smallest absolute Gasteiger partial charge is 0.256 e. The van der Waals surface area contributed by atoms with Crippen molar-refractivity contribution in [3.05, 3.63) is 28.1 Å². The van der Waals surface area contributed by atoms with E-state index in [1.165, 1.54) is 0 Å². The van der Waals surface area contributed by atoms with Gasteiger partial charge in [-0.3, -0.25) is 9.78 Å². The first-order valence-corrected chi connectivity index (χ1v) is 5.43. The minimum atomic E-state index is -0.00323. The fourth-order valence-electron chi connectivity index (χ4n) is 2.13. The molecule has 2 rings (SSSR count). The van der Waals surface area contributed by atoms with Gasteiger partial charge in [0.2, 0.25) is 0 Å². The first-order chi connectivity index (χ1) is 7.56. The van der Waals surface area contributed by atoms with Crippen LogP contribution < -0.4 is 0 Å². The number of fused-ring (bicyclic) bond motifs is 1. The zero-order chi connectivity index (χ0) is 11.9. The highest BCUT2D eigenvalue weighted by Crippen LogP contribution is 2.27. The van der Waals surface area contributed by atoms with Crippen LogP contribution in [0.15, 0.2) is 0 Å². The molecular formula is C12H16N2O2. The number of aryl methyl sites for hydroxylation is 1. The van der Waals surface area contributed by atoms with Crippen LogP contribution in [-0.2, 0) is 6.54 Å². The van der Waals surface area contributed by atoms with E-state index in [-0.39, 0.29) is 12.5 Å². The maximum absolute atomic E-state index is 12.0. The summed E-state index contributed by atoms with van der Waals surface area (Å²) in [6.45, 7) is 6.81. The van der Waals surface area contributed by atoms with E-state index in [4.69, 9.17) is 5.11 Å². The molecule has 0 saturated carbocycles. The zero-order valence-electron chi connectivity index (χ0n) is 9.87. The van der Waals surface area contributed by atoms with Gasteiger partial charge in [-0.05, 0) is 31.9 Å². The van der Waals surface area contributed by atoms with Gasteiger partial charge in [-0.1, -0.05) is 0 Å². The minimum absolute atomic E-state index is 0.00264. The number of hydrogen-bond acceptors (Lipinski definition) is 3. The first-order valence-electron chi connectivity index (χ1n) is 5.43. The van der Waals surface area contributed by atoms with Crippen molar-refractivity contribution in [2.75, 3.05) is 13.2 Å². The Bertz CT molecular complexity index is 455. The molecular weight excluding hydrogens is 204 g/mol. The maximum atomic E-state index is 12.0. The van der Waals surface area contributed by atoms with Crippen LogP contribution in [0, 0.1) is 20.8 Å². The second-order valence-corrected chi connectivity index (χ2v) is 4.22. The number of carbonyl (C=O) groups excluding carboxylic acids is 1. The second kappa shape index (κ2) is 3.87. The lowest BCUT2D eigenvalue weighted by Gasteiger charge is -2.12. The van der Waals surface area contributed by atoms with Crippen molar-refractivity contribution in [2.45, 2.75) is 27.3 Å². The van der Waals surface area contributed by atoms with E-state index in [1.807, 2.05) is 20.8 Å². The summed E-state index contributed by atoms with van der Waals surface area (Å²) in [4.78, 5) is 18.1. The quantitative estimate of drug-likeness (QED) is 0.807. The topological polar surface area (TPSA) is 53.4 Å². The van der Waals surface area contributed by atoms with Crippen LogP contribution in [0.2, 0.25) is 0 Å². The molecule has 0 radical (unpaired) electrons. The number of aliphatic hydroxyl groups excluding tert-OH is 1. The summed E-state index contributed by atoms with van der Waals surface area (Å²) in [5.41, 5.74) is 4.66. The van der Waals surface area contributed by atoms with Crippen LogP contribution in [0.5, 0.6) is 0 Å². The number of β-amino-alcohol motifs (C(OH)–C–C–N with tert-alkyl or cyclic N) is 1. The molecule has 0 atom stereocenters. The third-order valence-corrected chi connectivity index (χ3v) is 3.28. The van der Waals surface area contributed by atoms with E-state index < -0.39 is 0 Å². The van der Waals surface area contributed by atoms with Crippen LogP contribution in [0.1, 0.15) is 32.9 Å². The molecule has 0 unspecified atom stereocenters. The monoisotopic (exact) mass is 220 g/mol. The molecule has 86 valence electrons. The number of hydrogen-bond donors (Lipinski definition) is 1. The Morgan fingerprint density at radius 3 is 2.62 bits per heavy atom. The summed E-state index contributed by atoms with van der Waals surface area (Å²) in [5, 5.41) is 8.89. The van der Waals surface area contributed by atoms with Crippen molar-refractivity contribution in [1.29, 1.82) is 0 Å². The third-order valence-electron chi connectivity index (χ3n) is 3.28. The maximum Gasteiger partial charge on any atom is 0.256 e. The molecule has 0 aromatic carbocycles. The van der Waals surface area contributed by atoms with Gasteiger partial charge in [0.1, 0.15) is 0 Å². The van der Waals surface area contributed by atoms with E-state index in [0.29, 0.717) is 13.1 Å². The number of carbonyl (C=O) groups is 1. The summed E-state index contributed by atoms with van der Waals surface area (Å²) < 4.78 is 0. The van der Waals surface area contributed by atoms with E-state index in [2.05, 4.69) is 4.98 Å². The van der Waals surface area contributed by atoms with Crippen molar-refractivity contribution in [1.82, 2.24) is 9.88 Å². The molecule has 0 bridgehead atoms. The molecule has 1 N–H and O–H groups in total. The van der Waals surface area contributed by atoms with E-state index in [1.54, 1.807) is 4.90 Å². The van der Waals surface area contributed by atoms with Gasteiger partial charge in [-0.15, -0.1) is 0 Å². The molecule has 4 heteroatoms. The molecule has 16 heavy (non-hydrogen) atoms. The minimum Gasteiger partial charge on any atom is -0.395 e. The molecule has 0 fully saturated rings. The van der Waals surface area contributed by atoms with E-state index in [0.717, 1.165) is 28.1 Å². The zero-order valence-corrected chi connectivity index (χ0v) is 9.87. The van der Waals surface area contributed by atoms with Crippen LogP contribution in [-0.4, -0.2) is 34.0 Å². The SMILES string of the molecule is Cc1nc2c(c(C)c1C)C(=O)N(CCO)C2. The molecule has 1 aromatic heterocycles. The molecule has 1 aliphatic rings. The Morgan fingerprint density at radius 1 is 1.31 bits per heavy atom. The predicted octanol–water partition coefficient (Wildman–Crippen LogP) is 0.955. The average Bonchev–Trinajstić information content (AvgIpc) is 2.53. The average molecular weight is 220 g/mol. The first kappa shape index (κ1) is 11.1. The summed E-state index contributed by atoms with van der Waals surface area (Å²) >= 11 is 0. The summed E-state index contributed by atoms with van der Waals surface area (Å²) in [6, 6.07) is 0. The normalized spacial score (nSPS) is 14.5. The van der Waals surface area contributed by atoms with Gasteiger partial charge in [0, 0.05) is 12.2 Å². The van der Waals surface area contributed by atoms with Gasteiger partial charge < -0.3 is 10.0 Å². The Morgan fingerprint density at radius 2 is 2.00 bits per heavy atom. The van der Waals surface area contributed by atoms with Crippen LogP contribution in [0.25, 0.3) is 0 Å². The Labute approximate surface area is 94.9 Å². The van der Waals surface area contributed by atoms with Crippen LogP contribution >= 0.6 is 0 Å². The number of nitrogens with zero attached hydrogens (tertiary/aromatic N) is 2. The highest BCUT2D eigenvalue weighted by atomic mass is 16.3. The lowest BCUT2D eigenvalue weighted by atomic mass is 10.0. The van der Waals surface area contributed by atoms with Gasteiger partial charge in [0.05, 0.1) is 24.4 Å². The molecule has 0 aliphatic carbocycles. The van der Waals surface area contributed by atoms with Gasteiger partial charge in [-0.2, -0.15) is 0 Å². The van der Waals surface area contributed by atoms with Gasteiger partial charge in [0.15, 0.2) is 0 Å². The highest BCUT2D eigenvalue weighted by molar-refractivity contribution is 5.99. The largest absolute Gasteiger partial charge is 0.395 e. The molecule has 0 spiro atoms. The van der Waals surface area contributed by atoms with Crippen molar-refractivity contribution in [3.8, 4) is 0 Å². The summed E-state index contributed by atoms with van der Waals surface area (Å²) in [6.07, 6.45) is 0.